The number of carbonyl (C=O) groups excluding carboxylic acids is 3. The maximum atomic E-state index is 13.8. The molecule has 2 aliphatic rings. The van der Waals surface area contributed by atoms with Crippen molar-refractivity contribution in [2.45, 2.75) is 0 Å². The summed E-state index contributed by atoms with van der Waals surface area (Å²) in [6.45, 7) is 4.75. The zero-order valence-corrected chi connectivity index (χ0v) is 20.9. The Balaban J connectivity index is 1.37. The Labute approximate surface area is 220 Å². The van der Waals surface area contributed by atoms with E-state index in [2.05, 4.69) is 20.5 Å². The molecule has 196 valence electrons. The minimum Gasteiger partial charge on any atom is -0.366 e. The summed E-state index contributed by atoms with van der Waals surface area (Å²) in [7, 11) is 0. The van der Waals surface area contributed by atoms with E-state index in [4.69, 9.17) is 0 Å². The second-order valence-corrected chi connectivity index (χ2v) is 9.26. The molecular formula is C28H29FN6O3. The molecular weight excluding hydrogens is 487 g/mol. The average molecular weight is 517 g/mol. The van der Waals surface area contributed by atoms with Crippen LogP contribution in [0.5, 0.6) is 0 Å². The van der Waals surface area contributed by atoms with Crippen LogP contribution in [0.1, 0.15) is 31.1 Å². The molecule has 0 unspecified atom stereocenters. The van der Waals surface area contributed by atoms with Crippen molar-refractivity contribution in [1.82, 2.24) is 20.1 Å². The first kappa shape index (κ1) is 25.3. The Morgan fingerprint density at radius 3 is 2.21 bits per heavy atom. The monoisotopic (exact) mass is 516 g/mol. The number of piperazine rings is 2. The van der Waals surface area contributed by atoms with Gasteiger partial charge in [0.1, 0.15) is 5.82 Å². The Bertz CT molecular complexity index is 1320. The van der Waals surface area contributed by atoms with Gasteiger partial charge in [-0.25, -0.2) is 4.39 Å². The summed E-state index contributed by atoms with van der Waals surface area (Å²) >= 11 is 0. The van der Waals surface area contributed by atoms with E-state index in [9.17, 15) is 18.8 Å². The second-order valence-electron chi connectivity index (χ2n) is 9.26. The average Bonchev–Trinajstić information content (AvgIpc) is 2.97. The highest BCUT2D eigenvalue weighted by Crippen LogP contribution is 2.30. The smallest absolute Gasteiger partial charge is 0.255 e. The van der Waals surface area contributed by atoms with Crippen LogP contribution >= 0.6 is 0 Å². The van der Waals surface area contributed by atoms with Crippen LogP contribution in [0.25, 0.3) is 0 Å². The number of hydrogen-bond donors (Lipinski definition) is 2. The predicted molar refractivity (Wildman–Crippen MR) is 142 cm³/mol. The zero-order valence-electron chi connectivity index (χ0n) is 20.9. The summed E-state index contributed by atoms with van der Waals surface area (Å²) in [5.41, 5.74) is 2.39. The number of amides is 3. The van der Waals surface area contributed by atoms with Gasteiger partial charge < -0.3 is 25.3 Å². The summed E-state index contributed by atoms with van der Waals surface area (Å²) in [6.07, 6.45) is 3.19. The van der Waals surface area contributed by atoms with Crippen molar-refractivity contribution in [3.63, 3.8) is 0 Å². The third-order valence-electron chi connectivity index (χ3n) is 6.80. The summed E-state index contributed by atoms with van der Waals surface area (Å²) < 4.78 is 13.8. The van der Waals surface area contributed by atoms with E-state index in [-0.39, 0.29) is 17.4 Å². The molecule has 3 amide bonds. The summed E-state index contributed by atoms with van der Waals surface area (Å²) in [5.74, 6) is -1.15. The SMILES string of the molecule is O=C(Nc1cc(C(=O)N2CCNCC2)ccc1N1CCN(C(=O)c2cccnc2)CC1)c1cccc(F)c1. The molecule has 5 rings (SSSR count). The molecule has 2 fully saturated rings. The molecule has 0 spiro atoms. The third-order valence-corrected chi connectivity index (χ3v) is 6.80. The molecule has 2 N–H and O–H groups in total. The Kier molecular flexibility index (Phi) is 7.60. The zero-order chi connectivity index (χ0) is 26.5. The van der Waals surface area contributed by atoms with Gasteiger partial charge in [-0.3, -0.25) is 19.4 Å². The van der Waals surface area contributed by atoms with Gasteiger partial charge in [0.15, 0.2) is 0 Å². The number of anilines is 2. The van der Waals surface area contributed by atoms with Gasteiger partial charge in [0.05, 0.1) is 16.9 Å². The first-order valence-electron chi connectivity index (χ1n) is 12.6. The van der Waals surface area contributed by atoms with E-state index >= 15 is 0 Å². The lowest BCUT2D eigenvalue weighted by Gasteiger charge is -2.37. The van der Waals surface area contributed by atoms with Gasteiger partial charge in [0.25, 0.3) is 17.7 Å². The molecule has 0 atom stereocenters. The van der Waals surface area contributed by atoms with Crippen LogP contribution in [0, 0.1) is 5.82 Å². The molecule has 0 bridgehead atoms. The van der Waals surface area contributed by atoms with Gasteiger partial charge in [-0.05, 0) is 48.5 Å². The standard InChI is InChI=1S/C28H29FN6O3/c29-23-5-1-3-20(17-23)26(36)32-24-18-21(27(37)34-11-9-30-10-12-34)6-7-25(24)33-13-15-35(16-14-33)28(38)22-4-2-8-31-19-22/h1-8,17-19,30H,9-16H2,(H,32,36). The third kappa shape index (κ3) is 5.65. The van der Waals surface area contributed by atoms with E-state index in [1.54, 1.807) is 46.5 Å². The maximum absolute atomic E-state index is 13.8. The normalized spacial score (nSPS) is 15.8. The van der Waals surface area contributed by atoms with Gasteiger partial charge in [0, 0.05) is 75.9 Å². The Morgan fingerprint density at radius 2 is 1.50 bits per heavy atom. The van der Waals surface area contributed by atoms with Crippen molar-refractivity contribution in [3.05, 3.63) is 89.5 Å². The fourth-order valence-corrected chi connectivity index (χ4v) is 4.74. The van der Waals surface area contributed by atoms with Crippen molar-refractivity contribution in [2.24, 2.45) is 0 Å². The topological polar surface area (TPSA) is 97.9 Å². The van der Waals surface area contributed by atoms with Crippen molar-refractivity contribution in [3.8, 4) is 0 Å². The van der Waals surface area contributed by atoms with E-state index in [0.717, 1.165) is 18.8 Å². The van der Waals surface area contributed by atoms with Crippen molar-refractivity contribution in [1.29, 1.82) is 0 Å². The highest BCUT2D eigenvalue weighted by atomic mass is 19.1. The van der Waals surface area contributed by atoms with E-state index < -0.39 is 11.7 Å². The summed E-state index contributed by atoms with van der Waals surface area (Å²) in [6, 6.07) is 14.2. The van der Waals surface area contributed by atoms with Crippen LogP contribution in [0.2, 0.25) is 0 Å². The number of aromatic nitrogens is 1. The minimum atomic E-state index is -0.505. The molecule has 9 nitrogen and oxygen atoms in total. The maximum Gasteiger partial charge on any atom is 0.255 e. The fourth-order valence-electron chi connectivity index (χ4n) is 4.74. The minimum absolute atomic E-state index is 0.0747. The molecule has 10 heteroatoms. The molecule has 0 radical (unpaired) electrons. The first-order valence-corrected chi connectivity index (χ1v) is 12.6. The molecule has 2 saturated heterocycles. The van der Waals surface area contributed by atoms with Crippen LogP contribution < -0.4 is 15.5 Å². The lowest BCUT2D eigenvalue weighted by Crippen LogP contribution is -2.49. The van der Waals surface area contributed by atoms with Crippen molar-refractivity contribution < 1.29 is 18.8 Å². The molecule has 3 heterocycles. The molecule has 0 saturated carbocycles. The number of pyridine rings is 1. The number of hydrogen-bond acceptors (Lipinski definition) is 6. The van der Waals surface area contributed by atoms with Gasteiger partial charge in [-0.2, -0.15) is 0 Å². The number of rotatable bonds is 5. The highest BCUT2D eigenvalue weighted by molar-refractivity contribution is 6.07. The number of nitrogens with one attached hydrogen (secondary N) is 2. The van der Waals surface area contributed by atoms with E-state index in [1.807, 2.05) is 6.07 Å². The lowest BCUT2D eigenvalue weighted by atomic mass is 10.1. The van der Waals surface area contributed by atoms with Crippen LogP contribution in [0.15, 0.2) is 67.0 Å². The molecule has 2 aliphatic heterocycles. The summed E-state index contributed by atoms with van der Waals surface area (Å²) in [4.78, 5) is 48.7. The number of nitrogens with zero attached hydrogens (tertiary/aromatic N) is 4. The van der Waals surface area contributed by atoms with Crippen LogP contribution in [0.3, 0.4) is 0 Å². The lowest BCUT2D eigenvalue weighted by molar-refractivity contribution is 0.0731. The second kappa shape index (κ2) is 11.4. The van der Waals surface area contributed by atoms with Gasteiger partial charge in [0.2, 0.25) is 0 Å². The highest BCUT2D eigenvalue weighted by Gasteiger charge is 2.26. The van der Waals surface area contributed by atoms with E-state index in [0.29, 0.717) is 56.1 Å². The van der Waals surface area contributed by atoms with E-state index in [1.165, 1.54) is 24.3 Å². The van der Waals surface area contributed by atoms with Crippen LogP contribution in [-0.4, -0.2) is 84.9 Å². The van der Waals surface area contributed by atoms with Crippen LogP contribution in [0.4, 0.5) is 15.8 Å². The summed E-state index contributed by atoms with van der Waals surface area (Å²) in [5, 5.41) is 6.13. The molecule has 2 aromatic carbocycles. The molecule has 3 aromatic rings. The predicted octanol–water partition coefficient (Wildman–Crippen LogP) is 2.48. The largest absolute Gasteiger partial charge is 0.366 e. The first-order chi connectivity index (χ1) is 18.5. The molecule has 0 aliphatic carbocycles. The quantitative estimate of drug-likeness (QED) is 0.541. The number of carbonyl (C=O) groups is 3. The van der Waals surface area contributed by atoms with Crippen molar-refractivity contribution >= 4 is 29.1 Å². The number of benzene rings is 2. The van der Waals surface area contributed by atoms with Crippen molar-refractivity contribution in [2.75, 3.05) is 62.6 Å². The van der Waals surface area contributed by atoms with Gasteiger partial charge in [-0.1, -0.05) is 6.07 Å². The number of halogens is 1. The van der Waals surface area contributed by atoms with Crippen LogP contribution in [-0.2, 0) is 0 Å². The van der Waals surface area contributed by atoms with Gasteiger partial charge >= 0.3 is 0 Å². The molecule has 38 heavy (non-hydrogen) atoms. The Morgan fingerprint density at radius 1 is 0.789 bits per heavy atom. The Hall–Kier alpha value is -4.31. The molecule has 1 aromatic heterocycles. The fraction of sp³-hybridized carbons (Fsp3) is 0.286. The van der Waals surface area contributed by atoms with Gasteiger partial charge in [-0.15, -0.1) is 0 Å².